The van der Waals surface area contributed by atoms with E-state index in [0.29, 0.717) is 16.0 Å². The maximum Gasteiger partial charge on any atom is 0.242 e. The van der Waals surface area contributed by atoms with E-state index < -0.39 is 10.0 Å². The van der Waals surface area contributed by atoms with Gasteiger partial charge in [-0.05, 0) is 31.0 Å². The molecule has 3 rings (SSSR count). The van der Waals surface area contributed by atoms with Crippen molar-refractivity contribution in [1.29, 1.82) is 0 Å². The van der Waals surface area contributed by atoms with Gasteiger partial charge in [-0.1, -0.05) is 19.3 Å². The molecule has 1 aromatic heterocycles. The first-order valence-corrected chi connectivity index (χ1v) is 8.43. The quantitative estimate of drug-likeness (QED) is 0.759. The summed E-state index contributed by atoms with van der Waals surface area (Å²) in [6.45, 7) is 0. The van der Waals surface area contributed by atoms with Gasteiger partial charge in [0.15, 0.2) is 0 Å². The average Bonchev–Trinajstić information content (AvgIpc) is 2.83. The molecule has 0 bridgehead atoms. The molecule has 5 nitrogen and oxygen atoms in total. The SMILES string of the molecule is Nc1ccc2c(S(=O)(=O)NC3CCCCC3)c[nH]c2c1. The van der Waals surface area contributed by atoms with Crippen molar-refractivity contribution in [2.75, 3.05) is 5.73 Å². The van der Waals surface area contributed by atoms with Gasteiger partial charge in [0, 0.05) is 28.8 Å². The molecular weight excluding hydrogens is 274 g/mol. The Bertz CT molecular complexity index is 715. The molecule has 6 heteroatoms. The molecule has 2 aromatic rings. The van der Waals surface area contributed by atoms with Crippen LogP contribution < -0.4 is 10.5 Å². The van der Waals surface area contributed by atoms with Crippen LogP contribution in [0.4, 0.5) is 5.69 Å². The highest BCUT2D eigenvalue weighted by Gasteiger charge is 2.24. The summed E-state index contributed by atoms with van der Waals surface area (Å²) in [5.74, 6) is 0. The normalized spacial score (nSPS) is 17.6. The molecule has 1 saturated carbocycles. The van der Waals surface area contributed by atoms with E-state index in [1.165, 1.54) is 12.6 Å². The fourth-order valence-corrected chi connectivity index (χ4v) is 4.33. The summed E-state index contributed by atoms with van der Waals surface area (Å²) in [5.41, 5.74) is 7.07. The van der Waals surface area contributed by atoms with Crippen LogP contribution in [0, 0.1) is 0 Å². The summed E-state index contributed by atoms with van der Waals surface area (Å²) >= 11 is 0. The third-order valence-corrected chi connectivity index (χ3v) is 5.44. The van der Waals surface area contributed by atoms with E-state index in [1.54, 1.807) is 18.2 Å². The van der Waals surface area contributed by atoms with Gasteiger partial charge in [-0.2, -0.15) is 0 Å². The zero-order valence-electron chi connectivity index (χ0n) is 11.2. The van der Waals surface area contributed by atoms with E-state index in [1.807, 2.05) is 0 Å². The maximum atomic E-state index is 12.5. The smallest absolute Gasteiger partial charge is 0.242 e. The molecule has 0 radical (unpaired) electrons. The van der Waals surface area contributed by atoms with Crippen LogP contribution in [0.5, 0.6) is 0 Å². The molecule has 0 saturated heterocycles. The van der Waals surface area contributed by atoms with Crippen molar-refractivity contribution in [1.82, 2.24) is 9.71 Å². The lowest BCUT2D eigenvalue weighted by Crippen LogP contribution is -2.36. The van der Waals surface area contributed by atoms with Gasteiger partial charge in [-0.3, -0.25) is 0 Å². The second kappa shape index (κ2) is 5.10. The van der Waals surface area contributed by atoms with Crippen molar-refractivity contribution >= 4 is 26.6 Å². The molecule has 1 fully saturated rings. The minimum Gasteiger partial charge on any atom is -0.399 e. The standard InChI is InChI=1S/C14H19N3O2S/c15-10-6-7-12-13(8-10)16-9-14(12)20(18,19)17-11-4-2-1-3-5-11/h6-9,11,16-17H,1-5,15H2. The molecule has 20 heavy (non-hydrogen) atoms. The Balaban J connectivity index is 1.92. The van der Waals surface area contributed by atoms with E-state index in [9.17, 15) is 8.42 Å². The van der Waals surface area contributed by atoms with Crippen molar-refractivity contribution in [3.05, 3.63) is 24.4 Å². The topological polar surface area (TPSA) is 88.0 Å². The average molecular weight is 293 g/mol. The Morgan fingerprint density at radius 2 is 1.95 bits per heavy atom. The highest BCUT2D eigenvalue weighted by atomic mass is 32.2. The molecule has 0 spiro atoms. The third kappa shape index (κ3) is 2.53. The van der Waals surface area contributed by atoms with Gasteiger partial charge in [0.25, 0.3) is 0 Å². The second-order valence-corrected chi connectivity index (χ2v) is 7.10. The fourth-order valence-electron chi connectivity index (χ4n) is 2.84. The largest absolute Gasteiger partial charge is 0.399 e. The molecule has 0 atom stereocenters. The van der Waals surface area contributed by atoms with Crippen LogP contribution in [0.1, 0.15) is 32.1 Å². The van der Waals surface area contributed by atoms with E-state index in [4.69, 9.17) is 5.73 Å². The molecule has 0 amide bonds. The summed E-state index contributed by atoms with van der Waals surface area (Å²) < 4.78 is 27.8. The van der Waals surface area contributed by atoms with Crippen molar-refractivity contribution in [3.63, 3.8) is 0 Å². The Labute approximate surface area is 118 Å². The van der Waals surface area contributed by atoms with Gasteiger partial charge in [0.2, 0.25) is 10.0 Å². The highest BCUT2D eigenvalue weighted by Crippen LogP contribution is 2.26. The molecule has 4 N–H and O–H groups in total. The number of fused-ring (bicyclic) bond motifs is 1. The van der Waals surface area contributed by atoms with E-state index in [-0.39, 0.29) is 6.04 Å². The van der Waals surface area contributed by atoms with Gasteiger partial charge < -0.3 is 10.7 Å². The Morgan fingerprint density at radius 3 is 2.70 bits per heavy atom. The van der Waals surface area contributed by atoms with Gasteiger partial charge in [-0.15, -0.1) is 0 Å². The van der Waals surface area contributed by atoms with Crippen LogP contribution in [-0.2, 0) is 10.0 Å². The molecule has 1 aliphatic rings. The number of hydrogen-bond acceptors (Lipinski definition) is 3. The summed E-state index contributed by atoms with van der Waals surface area (Å²) in [6, 6.07) is 5.27. The molecule has 1 heterocycles. The summed E-state index contributed by atoms with van der Waals surface area (Å²) in [6.07, 6.45) is 6.78. The maximum absolute atomic E-state index is 12.5. The van der Waals surface area contributed by atoms with Crippen LogP contribution in [0.2, 0.25) is 0 Å². The minimum absolute atomic E-state index is 0.0625. The summed E-state index contributed by atoms with van der Waals surface area (Å²) in [4.78, 5) is 3.28. The van der Waals surface area contributed by atoms with Gasteiger partial charge >= 0.3 is 0 Å². The van der Waals surface area contributed by atoms with Gasteiger partial charge in [0.05, 0.1) is 0 Å². The molecule has 0 unspecified atom stereocenters. The molecule has 0 aliphatic heterocycles. The van der Waals surface area contributed by atoms with Crippen molar-refractivity contribution in [2.24, 2.45) is 0 Å². The molecular formula is C14H19N3O2S. The van der Waals surface area contributed by atoms with Crippen LogP contribution in [0.3, 0.4) is 0 Å². The molecule has 1 aliphatic carbocycles. The van der Waals surface area contributed by atoms with Crippen molar-refractivity contribution in [3.8, 4) is 0 Å². The van der Waals surface area contributed by atoms with Crippen LogP contribution in [0.15, 0.2) is 29.3 Å². The lowest BCUT2D eigenvalue weighted by molar-refractivity contribution is 0.412. The van der Waals surface area contributed by atoms with Crippen molar-refractivity contribution in [2.45, 2.75) is 43.0 Å². The lowest BCUT2D eigenvalue weighted by atomic mass is 9.96. The zero-order chi connectivity index (χ0) is 14.2. The number of aromatic amines is 1. The molecule has 1 aromatic carbocycles. The van der Waals surface area contributed by atoms with Crippen LogP contribution in [-0.4, -0.2) is 19.4 Å². The summed E-state index contributed by atoms with van der Waals surface area (Å²) in [5, 5.41) is 0.683. The Kier molecular flexibility index (Phi) is 3.43. The first-order valence-electron chi connectivity index (χ1n) is 6.95. The monoisotopic (exact) mass is 293 g/mol. The first-order chi connectivity index (χ1) is 9.56. The zero-order valence-corrected chi connectivity index (χ0v) is 12.0. The number of sulfonamides is 1. The predicted octanol–water partition coefficient (Wildman–Crippen LogP) is 2.36. The number of nitrogens with two attached hydrogens (primary N) is 1. The number of nitrogens with one attached hydrogen (secondary N) is 2. The number of rotatable bonds is 3. The number of benzene rings is 1. The number of anilines is 1. The predicted molar refractivity (Wildman–Crippen MR) is 79.9 cm³/mol. The minimum atomic E-state index is -3.48. The van der Waals surface area contributed by atoms with Gasteiger partial charge in [-0.25, -0.2) is 13.1 Å². The van der Waals surface area contributed by atoms with Crippen molar-refractivity contribution < 1.29 is 8.42 Å². The van der Waals surface area contributed by atoms with E-state index >= 15 is 0 Å². The Hall–Kier alpha value is -1.53. The number of hydrogen-bond donors (Lipinski definition) is 3. The highest BCUT2D eigenvalue weighted by molar-refractivity contribution is 7.89. The van der Waals surface area contributed by atoms with Crippen LogP contribution in [0.25, 0.3) is 10.9 Å². The Morgan fingerprint density at radius 1 is 1.20 bits per heavy atom. The van der Waals surface area contributed by atoms with E-state index in [0.717, 1.165) is 31.2 Å². The summed E-state index contributed by atoms with van der Waals surface area (Å²) in [7, 11) is -3.48. The number of nitrogen functional groups attached to an aromatic ring is 1. The fraction of sp³-hybridized carbons (Fsp3) is 0.429. The lowest BCUT2D eigenvalue weighted by Gasteiger charge is -2.22. The number of aromatic nitrogens is 1. The third-order valence-electron chi connectivity index (χ3n) is 3.88. The first kappa shape index (κ1) is 13.5. The molecule has 108 valence electrons. The van der Waals surface area contributed by atoms with E-state index in [2.05, 4.69) is 9.71 Å². The van der Waals surface area contributed by atoms with Gasteiger partial charge in [0.1, 0.15) is 4.90 Å². The van der Waals surface area contributed by atoms with Crippen LogP contribution >= 0.6 is 0 Å². The second-order valence-electron chi connectivity index (χ2n) is 5.41. The number of H-pyrrole nitrogens is 1.